The van der Waals surface area contributed by atoms with E-state index in [4.69, 9.17) is 10.5 Å². The molecule has 0 radical (unpaired) electrons. The Kier molecular flexibility index (Phi) is 4.61. The molecule has 1 amide bonds. The normalized spacial score (nSPS) is 22.0. The lowest BCUT2D eigenvalue weighted by Gasteiger charge is -2.27. The first kappa shape index (κ1) is 18.9. The van der Waals surface area contributed by atoms with Gasteiger partial charge in [-0.1, -0.05) is 34.1 Å². The molecule has 28 heavy (non-hydrogen) atoms. The maximum atomic E-state index is 13.3. The molecule has 1 atom stereocenters. The highest BCUT2D eigenvalue weighted by Gasteiger charge is 2.50. The summed E-state index contributed by atoms with van der Waals surface area (Å²) in [5.74, 6) is 0.0865. The summed E-state index contributed by atoms with van der Waals surface area (Å²) in [5, 5.41) is 0. The van der Waals surface area contributed by atoms with Gasteiger partial charge >= 0.3 is 6.61 Å². The van der Waals surface area contributed by atoms with Gasteiger partial charge in [-0.05, 0) is 59.7 Å². The summed E-state index contributed by atoms with van der Waals surface area (Å²) in [4.78, 5) is 19.1. The van der Waals surface area contributed by atoms with Gasteiger partial charge in [0.1, 0.15) is 5.75 Å². The standard InChI is InChI=1S/C20H18BrF2N3O2/c1-26-17(27)20(25-19(26)24,12-3-2-4-14(21)9-12)13-7-8-16(28-18(22)23)15(10-13)11-5-6-11/h2-4,7-11,18H,5-6H2,1H3,(H2,24,25). The number of hydrogen-bond acceptors (Lipinski definition) is 4. The van der Waals surface area contributed by atoms with Crippen molar-refractivity contribution >= 4 is 27.8 Å². The van der Waals surface area contributed by atoms with Crippen LogP contribution in [0.4, 0.5) is 8.78 Å². The van der Waals surface area contributed by atoms with Crippen LogP contribution in [0.1, 0.15) is 35.4 Å². The lowest BCUT2D eigenvalue weighted by molar-refractivity contribution is -0.129. The van der Waals surface area contributed by atoms with Crippen molar-refractivity contribution in [3.05, 3.63) is 63.6 Å². The number of guanidine groups is 1. The highest BCUT2D eigenvalue weighted by Crippen LogP contribution is 2.48. The van der Waals surface area contributed by atoms with E-state index in [-0.39, 0.29) is 23.5 Å². The molecule has 5 nitrogen and oxygen atoms in total. The van der Waals surface area contributed by atoms with Gasteiger partial charge in [0.15, 0.2) is 11.5 Å². The van der Waals surface area contributed by atoms with Crippen molar-refractivity contribution in [3.8, 4) is 5.75 Å². The number of likely N-dealkylation sites (N-methyl/N-ethyl adjacent to an activating group) is 1. The van der Waals surface area contributed by atoms with Crippen LogP contribution in [0.25, 0.3) is 0 Å². The van der Waals surface area contributed by atoms with E-state index in [9.17, 15) is 13.6 Å². The molecule has 0 bridgehead atoms. The van der Waals surface area contributed by atoms with Crippen LogP contribution in [0.15, 0.2) is 51.9 Å². The zero-order chi connectivity index (χ0) is 20.1. The van der Waals surface area contributed by atoms with Crippen LogP contribution >= 0.6 is 15.9 Å². The van der Waals surface area contributed by atoms with Crippen LogP contribution in [-0.4, -0.2) is 30.4 Å². The van der Waals surface area contributed by atoms with Crippen LogP contribution in [-0.2, 0) is 10.3 Å². The molecule has 0 saturated heterocycles. The minimum absolute atomic E-state index is 0.103. The molecule has 2 N–H and O–H groups in total. The predicted octanol–water partition coefficient (Wildman–Crippen LogP) is 3.96. The van der Waals surface area contributed by atoms with E-state index >= 15 is 0 Å². The largest absolute Gasteiger partial charge is 0.435 e. The number of ether oxygens (including phenoxy) is 1. The van der Waals surface area contributed by atoms with Gasteiger partial charge in [0.05, 0.1) is 0 Å². The topological polar surface area (TPSA) is 67.9 Å². The van der Waals surface area contributed by atoms with Crippen molar-refractivity contribution in [2.24, 2.45) is 10.7 Å². The second-order valence-corrected chi connectivity index (χ2v) is 7.88. The number of hydrogen-bond donors (Lipinski definition) is 1. The Morgan fingerprint density at radius 3 is 2.54 bits per heavy atom. The number of carbonyl (C=O) groups excluding carboxylic acids is 1. The summed E-state index contributed by atoms with van der Waals surface area (Å²) in [5.41, 5.74) is 6.50. The van der Waals surface area contributed by atoms with Crippen LogP contribution in [0.2, 0.25) is 0 Å². The van der Waals surface area contributed by atoms with Crippen molar-refractivity contribution in [2.75, 3.05) is 7.05 Å². The Labute approximate surface area is 169 Å². The van der Waals surface area contributed by atoms with E-state index in [2.05, 4.69) is 20.9 Å². The molecule has 0 spiro atoms. The molecule has 4 rings (SSSR count). The Morgan fingerprint density at radius 2 is 1.96 bits per heavy atom. The summed E-state index contributed by atoms with van der Waals surface area (Å²) >= 11 is 3.43. The molecule has 1 saturated carbocycles. The number of amides is 1. The van der Waals surface area contributed by atoms with E-state index in [1.807, 2.05) is 18.2 Å². The molecule has 1 heterocycles. The van der Waals surface area contributed by atoms with Crippen molar-refractivity contribution in [1.29, 1.82) is 0 Å². The minimum atomic E-state index is -2.91. The highest BCUT2D eigenvalue weighted by molar-refractivity contribution is 9.10. The number of halogens is 3. The average molecular weight is 450 g/mol. The van der Waals surface area contributed by atoms with E-state index in [0.29, 0.717) is 16.7 Å². The number of rotatable bonds is 5. The third kappa shape index (κ3) is 3.05. The first-order valence-corrected chi connectivity index (χ1v) is 9.61. The van der Waals surface area contributed by atoms with E-state index in [1.54, 1.807) is 25.2 Å². The summed E-state index contributed by atoms with van der Waals surface area (Å²) in [6.07, 6.45) is 1.79. The minimum Gasteiger partial charge on any atom is -0.435 e. The zero-order valence-electron chi connectivity index (χ0n) is 15.0. The van der Waals surface area contributed by atoms with Crippen LogP contribution in [0.3, 0.4) is 0 Å². The molecular formula is C20H18BrF2N3O2. The maximum absolute atomic E-state index is 13.3. The maximum Gasteiger partial charge on any atom is 0.387 e. The molecule has 146 valence electrons. The predicted molar refractivity (Wildman–Crippen MR) is 104 cm³/mol. The van der Waals surface area contributed by atoms with Crippen molar-refractivity contribution in [2.45, 2.75) is 30.9 Å². The fourth-order valence-corrected chi connectivity index (χ4v) is 3.99. The summed E-state index contributed by atoms with van der Waals surface area (Å²) in [6, 6.07) is 12.1. The lowest BCUT2D eigenvalue weighted by Crippen LogP contribution is -2.41. The SMILES string of the molecule is CN1C(=O)C(c2cccc(Br)c2)(c2ccc(OC(F)F)c(C3CC3)c2)N=C1N. The first-order valence-electron chi connectivity index (χ1n) is 8.81. The number of carbonyl (C=O) groups is 1. The van der Waals surface area contributed by atoms with Gasteiger partial charge in [-0.2, -0.15) is 8.78 Å². The van der Waals surface area contributed by atoms with E-state index in [1.165, 1.54) is 11.0 Å². The van der Waals surface area contributed by atoms with Gasteiger partial charge in [0, 0.05) is 11.5 Å². The number of nitrogens with zero attached hydrogens (tertiary/aromatic N) is 2. The second kappa shape index (κ2) is 6.84. The molecular weight excluding hydrogens is 432 g/mol. The van der Waals surface area contributed by atoms with Crippen LogP contribution in [0, 0.1) is 0 Å². The molecule has 2 aromatic carbocycles. The average Bonchev–Trinajstić information content (AvgIpc) is 3.46. The van der Waals surface area contributed by atoms with Gasteiger partial charge in [0.2, 0.25) is 0 Å². The summed E-state index contributed by atoms with van der Waals surface area (Å²) in [6.45, 7) is -2.91. The number of alkyl halides is 2. The highest BCUT2D eigenvalue weighted by atomic mass is 79.9. The number of benzene rings is 2. The Morgan fingerprint density at radius 1 is 1.25 bits per heavy atom. The fraction of sp³-hybridized carbons (Fsp3) is 0.300. The van der Waals surface area contributed by atoms with Crippen LogP contribution < -0.4 is 10.5 Å². The second-order valence-electron chi connectivity index (χ2n) is 6.96. The van der Waals surface area contributed by atoms with Gasteiger partial charge in [-0.15, -0.1) is 0 Å². The lowest BCUT2D eigenvalue weighted by atomic mass is 9.81. The molecule has 1 unspecified atom stereocenters. The number of aliphatic imine (C=N–C) groups is 1. The quantitative estimate of drug-likeness (QED) is 0.750. The molecule has 1 aliphatic carbocycles. The summed E-state index contributed by atoms with van der Waals surface area (Å²) in [7, 11) is 1.57. The third-order valence-electron chi connectivity index (χ3n) is 5.14. The van der Waals surface area contributed by atoms with Gasteiger partial charge in [-0.3, -0.25) is 9.69 Å². The Balaban J connectivity index is 1.91. The molecule has 0 aromatic heterocycles. The van der Waals surface area contributed by atoms with E-state index in [0.717, 1.165) is 17.3 Å². The monoisotopic (exact) mass is 449 g/mol. The Hall–Kier alpha value is -2.48. The molecule has 8 heteroatoms. The van der Waals surface area contributed by atoms with Gasteiger partial charge in [-0.25, -0.2) is 4.99 Å². The zero-order valence-corrected chi connectivity index (χ0v) is 16.6. The molecule has 1 fully saturated rings. The summed E-state index contributed by atoms with van der Waals surface area (Å²) < 4.78 is 31.1. The Bertz CT molecular complexity index is 978. The van der Waals surface area contributed by atoms with Crippen molar-refractivity contribution in [3.63, 3.8) is 0 Å². The third-order valence-corrected chi connectivity index (χ3v) is 5.64. The first-order chi connectivity index (χ1) is 13.3. The van der Waals surface area contributed by atoms with Crippen LogP contribution in [0.5, 0.6) is 5.75 Å². The number of nitrogens with two attached hydrogens (primary N) is 1. The molecule has 1 aliphatic heterocycles. The van der Waals surface area contributed by atoms with Gasteiger partial charge in [0.25, 0.3) is 5.91 Å². The van der Waals surface area contributed by atoms with Crippen molar-refractivity contribution < 1.29 is 18.3 Å². The van der Waals surface area contributed by atoms with Crippen molar-refractivity contribution in [1.82, 2.24) is 4.90 Å². The molecule has 2 aromatic rings. The van der Waals surface area contributed by atoms with Gasteiger partial charge < -0.3 is 10.5 Å². The molecule has 2 aliphatic rings. The smallest absolute Gasteiger partial charge is 0.387 e. The van der Waals surface area contributed by atoms with E-state index < -0.39 is 12.2 Å². The fourth-order valence-electron chi connectivity index (χ4n) is 3.59.